The van der Waals surface area contributed by atoms with Crippen LogP contribution in [0.3, 0.4) is 0 Å². The molecule has 1 amide bonds. The van der Waals surface area contributed by atoms with Gasteiger partial charge in [-0.3, -0.25) is 0 Å². The predicted molar refractivity (Wildman–Crippen MR) is 119 cm³/mol. The first kappa shape index (κ1) is 21.2. The maximum atomic E-state index is 12.6. The molecule has 2 aromatic heterocycles. The average Bonchev–Trinajstić information content (AvgIpc) is 3.46. The van der Waals surface area contributed by atoms with E-state index in [1.807, 2.05) is 31.0 Å². The van der Waals surface area contributed by atoms with Gasteiger partial charge in [0.25, 0.3) is 0 Å². The standard InChI is InChI=1S/C24H33N5O3/c1-17-21(32-18-6-4-3-5-7-18)9-8-19(25-17)22-20(28(2)27-26-22)16-31-23(30)29-14-12-24(10-11-24)13-15-29/h8-9,18H,3-7,10-16H2,1-2H3. The summed E-state index contributed by atoms with van der Waals surface area (Å²) in [6.45, 7) is 3.66. The first-order chi connectivity index (χ1) is 15.5. The second kappa shape index (κ2) is 8.71. The second-order valence-corrected chi connectivity index (χ2v) is 9.71. The minimum Gasteiger partial charge on any atom is -0.489 e. The van der Waals surface area contributed by atoms with Gasteiger partial charge in [0.05, 0.1) is 17.5 Å². The number of pyridine rings is 1. The largest absolute Gasteiger partial charge is 0.489 e. The summed E-state index contributed by atoms with van der Waals surface area (Å²) in [6, 6.07) is 3.89. The van der Waals surface area contributed by atoms with Crippen LogP contribution in [-0.4, -0.2) is 50.2 Å². The number of rotatable bonds is 5. The molecule has 2 aliphatic carbocycles. The fraction of sp³-hybridized carbons (Fsp3) is 0.667. The summed E-state index contributed by atoms with van der Waals surface area (Å²) >= 11 is 0. The van der Waals surface area contributed by atoms with E-state index in [1.165, 1.54) is 32.1 Å². The van der Waals surface area contributed by atoms with Gasteiger partial charge < -0.3 is 14.4 Å². The molecule has 0 unspecified atom stereocenters. The zero-order valence-corrected chi connectivity index (χ0v) is 19.2. The monoisotopic (exact) mass is 439 g/mol. The third kappa shape index (κ3) is 4.45. The predicted octanol–water partition coefficient (Wildman–Crippen LogP) is 4.41. The number of carbonyl (C=O) groups is 1. The molecule has 2 aromatic rings. The van der Waals surface area contributed by atoms with Crippen molar-refractivity contribution in [1.29, 1.82) is 0 Å². The van der Waals surface area contributed by atoms with E-state index in [1.54, 1.807) is 4.68 Å². The van der Waals surface area contributed by atoms with Gasteiger partial charge in [0.2, 0.25) is 0 Å². The first-order valence-electron chi connectivity index (χ1n) is 12.0. The molecule has 3 fully saturated rings. The molecule has 1 spiro atoms. The van der Waals surface area contributed by atoms with Crippen LogP contribution < -0.4 is 4.74 Å². The molecule has 0 atom stereocenters. The van der Waals surface area contributed by atoms with Crippen molar-refractivity contribution >= 4 is 6.09 Å². The molecule has 172 valence electrons. The lowest BCUT2D eigenvalue weighted by Gasteiger charge is -2.31. The summed E-state index contributed by atoms with van der Waals surface area (Å²) in [5, 5.41) is 8.44. The average molecular weight is 440 g/mol. The summed E-state index contributed by atoms with van der Waals surface area (Å²) in [4.78, 5) is 19.2. The molecule has 2 saturated carbocycles. The SMILES string of the molecule is Cc1nc(-c2nnn(C)c2COC(=O)N2CCC3(CC2)CC3)ccc1OC1CCCCC1. The zero-order chi connectivity index (χ0) is 22.1. The lowest BCUT2D eigenvalue weighted by atomic mass is 9.94. The van der Waals surface area contributed by atoms with Gasteiger partial charge in [-0.15, -0.1) is 5.10 Å². The highest BCUT2D eigenvalue weighted by atomic mass is 16.6. The van der Waals surface area contributed by atoms with Gasteiger partial charge >= 0.3 is 6.09 Å². The van der Waals surface area contributed by atoms with Gasteiger partial charge in [-0.1, -0.05) is 11.6 Å². The highest BCUT2D eigenvalue weighted by Gasteiger charge is 2.45. The van der Waals surface area contributed by atoms with Crippen LogP contribution in [0.1, 0.15) is 69.2 Å². The smallest absolute Gasteiger partial charge is 0.410 e. The molecule has 1 saturated heterocycles. The number of hydrogen-bond donors (Lipinski definition) is 0. The number of piperidine rings is 1. The van der Waals surface area contributed by atoms with E-state index in [4.69, 9.17) is 14.5 Å². The Morgan fingerprint density at radius 3 is 2.56 bits per heavy atom. The number of aryl methyl sites for hydroxylation is 2. The van der Waals surface area contributed by atoms with Gasteiger partial charge in [0.1, 0.15) is 23.7 Å². The summed E-state index contributed by atoms with van der Waals surface area (Å²) in [6.07, 6.45) is 10.8. The molecular formula is C24H33N5O3. The number of carbonyl (C=O) groups excluding carboxylic acids is 1. The molecule has 0 N–H and O–H groups in total. The van der Waals surface area contributed by atoms with Crippen molar-refractivity contribution in [2.45, 2.75) is 77.4 Å². The van der Waals surface area contributed by atoms with Crippen molar-refractivity contribution in [1.82, 2.24) is 24.9 Å². The Hall–Kier alpha value is -2.64. The van der Waals surface area contributed by atoms with Crippen molar-refractivity contribution in [3.05, 3.63) is 23.5 Å². The quantitative estimate of drug-likeness (QED) is 0.686. The summed E-state index contributed by atoms with van der Waals surface area (Å²) in [5.41, 5.74) is 3.46. The van der Waals surface area contributed by atoms with E-state index >= 15 is 0 Å². The summed E-state index contributed by atoms with van der Waals surface area (Å²) in [5.74, 6) is 0.830. The third-order valence-electron chi connectivity index (χ3n) is 7.44. The zero-order valence-electron chi connectivity index (χ0n) is 19.2. The molecule has 3 heterocycles. The van der Waals surface area contributed by atoms with Crippen LogP contribution >= 0.6 is 0 Å². The van der Waals surface area contributed by atoms with Crippen LogP contribution in [0.2, 0.25) is 0 Å². The van der Waals surface area contributed by atoms with E-state index < -0.39 is 0 Å². The lowest BCUT2D eigenvalue weighted by molar-refractivity contribution is 0.0783. The molecule has 5 rings (SSSR count). The summed E-state index contributed by atoms with van der Waals surface area (Å²) in [7, 11) is 1.81. The molecule has 32 heavy (non-hydrogen) atoms. The van der Waals surface area contributed by atoms with E-state index in [0.717, 1.165) is 55.9 Å². The van der Waals surface area contributed by atoms with Crippen molar-refractivity contribution in [3.63, 3.8) is 0 Å². The minimum atomic E-state index is -0.256. The van der Waals surface area contributed by atoms with Crippen LogP contribution in [-0.2, 0) is 18.4 Å². The van der Waals surface area contributed by atoms with E-state index in [2.05, 4.69) is 10.3 Å². The van der Waals surface area contributed by atoms with E-state index in [9.17, 15) is 4.79 Å². The number of nitrogens with zero attached hydrogens (tertiary/aromatic N) is 5. The molecule has 0 radical (unpaired) electrons. The molecule has 8 heteroatoms. The Labute approximate surface area is 189 Å². The van der Waals surface area contributed by atoms with E-state index in [0.29, 0.717) is 16.8 Å². The lowest BCUT2D eigenvalue weighted by Crippen LogP contribution is -2.39. The Bertz CT molecular complexity index is 968. The molecule has 8 nitrogen and oxygen atoms in total. The van der Waals surface area contributed by atoms with Crippen molar-refractivity contribution in [2.75, 3.05) is 13.1 Å². The van der Waals surface area contributed by atoms with Gasteiger partial charge in [-0.25, -0.2) is 14.5 Å². The van der Waals surface area contributed by atoms with Crippen LogP contribution in [0.4, 0.5) is 4.79 Å². The van der Waals surface area contributed by atoms with Gasteiger partial charge in [-0.05, 0) is 75.8 Å². The molecule has 3 aliphatic rings. The van der Waals surface area contributed by atoms with E-state index in [-0.39, 0.29) is 18.8 Å². The molecular weight excluding hydrogens is 406 g/mol. The van der Waals surface area contributed by atoms with Gasteiger partial charge in [0, 0.05) is 20.1 Å². The normalized spacial score (nSPS) is 20.4. The number of hydrogen-bond acceptors (Lipinski definition) is 6. The van der Waals surface area contributed by atoms with Crippen molar-refractivity contribution in [3.8, 4) is 17.1 Å². The Morgan fingerprint density at radius 2 is 1.88 bits per heavy atom. The topological polar surface area (TPSA) is 82.4 Å². The van der Waals surface area contributed by atoms with Crippen LogP contribution in [0.25, 0.3) is 11.4 Å². The number of likely N-dealkylation sites (tertiary alicyclic amines) is 1. The van der Waals surface area contributed by atoms with Crippen molar-refractivity contribution in [2.24, 2.45) is 12.5 Å². The van der Waals surface area contributed by atoms with Crippen LogP contribution in [0.15, 0.2) is 12.1 Å². The molecule has 1 aliphatic heterocycles. The highest BCUT2D eigenvalue weighted by Crippen LogP contribution is 2.53. The maximum absolute atomic E-state index is 12.6. The Balaban J connectivity index is 1.24. The Morgan fingerprint density at radius 1 is 1.12 bits per heavy atom. The first-order valence-corrected chi connectivity index (χ1v) is 12.0. The van der Waals surface area contributed by atoms with Crippen LogP contribution in [0, 0.1) is 12.3 Å². The number of ether oxygens (including phenoxy) is 2. The third-order valence-corrected chi connectivity index (χ3v) is 7.44. The Kier molecular flexibility index (Phi) is 5.78. The van der Waals surface area contributed by atoms with Gasteiger partial charge in [-0.2, -0.15) is 0 Å². The fourth-order valence-electron chi connectivity index (χ4n) is 4.97. The van der Waals surface area contributed by atoms with Crippen LogP contribution in [0.5, 0.6) is 5.75 Å². The second-order valence-electron chi connectivity index (χ2n) is 9.71. The maximum Gasteiger partial charge on any atom is 0.410 e. The highest BCUT2D eigenvalue weighted by molar-refractivity contribution is 5.68. The molecule has 0 bridgehead atoms. The molecule has 0 aromatic carbocycles. The minimum absolute atomic E-state index is 0.125. The van der Waals surface area contributed by atoms with Crippen molar-refractivity contribution < 1.29 is 14.3 Å². The number of aromatic nitrogens is 4. The fourth-order valence-corrected chi connectivity index (χ4v) is 4.97. The number of amides is 1. The van der Waals surface area contributed by atoms with Gasteiger partial charge in [0.15, 0.2) is 0 Å². The summed E-state index contributed by atoms with van der Waals surface area (Å²) < 4.78 is 13.5.